The van der Waals surface area contributed by atoms with E-state index in [1.54, 1.807) is 24.3 Å². The van der Waals surface area contributed by atoms with Crippen LogP contribution in [-0.2, 0) is 9.59 Å². The highest BCUT2D eigenvalue weighted by Crippen LogP contribution is 2.19. The number of hydrogen-bond donors (Lipinski definition) is 1. The topological polar surface area (TPSA) is 88.8 Å². The summed E-state index contributed by atoms with van der Waals surface area (Å²) in [5.41, 5.74) is -0.0436. The summed E-state index contributed by atoms with van der Waals surface area (Å²) in [6.45, 7) is 0.978. The Balaban J connectivity index is 1.66. The number of nitrogens with one attached hydrogen (secondary N) is 1. The van der Waals surface area contributed by atoms with Gasteiger partial charge in [-0.15, -0.1) is 0 Å². The van der Waals surface area contributed by atoms with E-state index in [4.69, 9.17) is 9.15 Å². The van der Waals surface area contributed by atoms with Crippen molar-refractivity contribution >= 4 is 22.8 Å². The highest BCUT2D eigenvalue weighted by atomic mass is 16.5. The summed E-state index contributed by atoms with van der Waals surface area (Å²) in [6.07, 6.45) is 0.721. The molecule has 0 bridgehead atoms. The molecule has 1 aliphatic rings. The van der Waals surface area contributed by atoms with Crippen molar-refractivity contribution in [2.75, 3.05) is 26.2 Å². The number of carbonyl (C=O) groups is 2. The number of nitrogens with zero attached hydrogens (tertiary/aromatic N) is 1. The van der Waals surface area contributed by atoms with E-state index in [1.807, 2.05) is 0 Å². The van der Waals surface area contributed by atoms with Crippen LogP contribution in [0.1, 0.15) is 6.42 Å². The minimum absolute atomic E-state index is 0.0504. The van der Waals surface area contributed by atoms with Gasteiger partial charge in [-0.05, 0) is 24.6 Å². The fourth-order valence-corrected chi connectivity index (χ4v) is 2.39. The van der Waals surface area contributed by atoms with Crippen LogP contribution in [0.2, 0.25) is 0 Å². The first-order valence-corrected chi connectivity index (χ1v) is 7.33. The van der Waals surface area contributed by atoms with E-state index in [9.17, 15) is 14.4 Å². The molecule has 0 unspecified atom stereocenters. The second kappa shape index (κ2) is 6.51. The number of ether oxygens (including phenoxy) is 1. The monoisotopic (exact) mass is 316 g/mol. The third-order valence-electron chi connectivity index (χ3n) is 3.57. The van der Waals surface area contributed by atoms with Gasteiger partial charge < -0.3 is 19.4 Å². The van der Waals surface area contributed by atoms with Gasteiger partial charge in [0.15, 0.2) is 6.61 Å². The standard InChI is InChI=1S/C16H16N2O5/c19-14-9-18(7-1-6-17-14)15(20)10-22-12-4-2-11-3-5-16(21)23-13(11)8-12/h2-5,8H,1,6-7,9-10H2,(H,17,19). The van der Waals surface area contributed by atoms with Crippen LogP contribution in [0.4, 0.5) is 0 Å². The van der Waals surface area contributed by atoms with Gasteiger partial charge in [0.2, 0.25) is 5.91 Å². The van der Waals surface area contributed by atoms with Crippen molar-refractivity contribution < 1.29 is 18.7 Å². The number of hydrogen-bond acceptors (Lipinski definition) is 5. The fraction of sp³-hybridized carbons (Fsp3) is 0.312. The Morgan fingerprint density at radius 1 is 1.26 bits per heavy atom. The van der Waals surface area contributed by atoms with Crippen molar-refractivity contribution in [2.45, 2.75) is 6.42 Å². The van der Waals surface area contributed by atoms with Crippen LogP contribution in [0.5, 0.6) is 5.75 Å². The second-order valence-corrected chi connectivity index (χ2v) is 5.26. The fourth-order valence-electron chi connectivity index (χ4n) is 2.39. The maximum atomic E-state index is 12.1. The molecule has 0 spiro atoms. The molecule has 2 aromatic rings. The van der Waals surface area contributed by atoms with Gasteiger partial charge in [0.05, 0.1) is 6.54 Å². The number of rotatable bonds is 3. The van der Waals surface area contributed by atoms with Gasteiger partial charge in [0, 0.05) is 30.6 Å². The zero-order valence-corrected chi connectivity index (χ0v) is 12.4. The number of fused-ring (bicyclic) bond motifs is 1. The van der Waals surface area contributed by atoms with E-state index < -0.39 is 5.63 Å². The van der Waals surface area contributed by atoms with E-state index in [0.717, 1.165) is 11.8 Å². The minimum atomic E-state index is -0.443. The molecule has 1 fully saturated rings. The molecule has 1 saturated heterocycles. The van der Waals surface area contributed by atoms with Crippen molar-refractivity contribution in [1.82, 2.24) is 10.2 Å². The first-order valence-electron chi connectivity index (χ1n) is 7.33. The van der Waals surface area contributed by atoms with Gasteiger partial charge in [0.25, 0.3) is 5.91 Å². The highest BCUT2D eigenvalue weighted by molar-refractivity contribution is 5.86. The zero-order valence-electron chi connectivity index (χ0n) is 12.4. The Kier molecular flexibility index (Phi) is 4.27. The average Bonchev–Trinajstić information content (AvgIpc) is 2.76. The molecule has 0 radical (unpaired) electrons. The van der Waals surface area contributed by atoms with Gasteiger partial charge in [0.1, 0.15) is 11.3 Å². The molecule has 2 heterocycles. The smallest absolute Gasteiger partial charge is 0.336 e. The summed E-state index contributed by atoms with van der Waals surface area (Å²) >= 11 is 0. The molecule has 7 heteroatoms. The summed E-state index contributed by atoms with van der Waals surface area (Å²) < 4.78 is 10.5. The van der Waals surface area contributed by atoms with Gasteiger partial charge in [-0.2, -0.15) is 0 Å². The lowest BCUT2D eigenvalue weighted by atomic mass is 10.2. The Hall–Kier alpha value is -2.83. The number of benzene rings is 1. The predicted molar refractivity (Wildman–Crippen MR) is 82.2 cm³/mol. The normalized spacial score (nSPS) is 15.1. The maximum Gasteiger partial charge on any atom is 0.336 e. The van der Waals surface area contributed by atoms with Crippen LogP contribution in [0, 0.1) is 0 Å². The summed E-state index contributed by atoms with van der Waals surface area (Å²) in [6, 6.07) is 8.02. The summed E-state index contributed by atoms with van der Waals surface area (Å²) in [4.78, 5) is 36.3. The lowest BCUT2D eigenvalue weighted by Gasteiger charge is -2.19. The molecule has 0 aliphatic carbocycles. The van der Waals surface area contributed by atoms with Crippen molar-refractivity contribution in [2.24, 2.45) is 0 Å². The van der Waals surface area contributed by atoms with Gasteiger partial charge in [-0.3, -0.25) is 9.59 Å². The molecule has 1 aromatic heterocycles. The van der Waals surface area contributed by atoms with Crippen molar-refractivity contribution in [3.8, 4) is 5.75 Å². The van der Waals surface area contributed by atoms with E-state index in [1.165, 1.54) is 11.0 Å². The van der Waals surface area contributed by atoms with Crippen LogP contribution in [0.15, 0.2) is 39.5 Å². The van der Waals surface area contributed by atoms with Crippen LogP contribution in [-0.4, -0.2) is 43.0 Å². The number of carbonyl (C=O) groups excluding carboxylic acids is 2. The van der Waals surface area contributed by atoms with Crippen molar-refractivity contribution in [1.29, 1.82) is 0 Å². The molecule has 23 heavy (non-hydrogen) atoms. The van der Waals surface area contributed by atoms with Crippen LogP contribution in [0.25, 0.3) is 11.0 Å². The number of amides is 2. The highest BCUT2D eigenvalue weighted by Gasteiger charge is 2.20. The molecule has 0 atom stereocenters. The minimum Gasteiger partial charge on any atom is -0.484 e. The summed E-state index contributed by atoms with van der Waals surface area (Å²) in [7, 11) is 0. The second-order valence-electron chi connectivity index (χ2n) is 5.26. The van der Waals surface area contributed by atoms with Crippen LogP contribution in [0.3, 0.4) is 0 Å². The quantitative estimate of drug-likeness (QED) is 0.834. The Bertz CT molecular complexity index is 798. The molecular weight excluding hydrogens is 300 g/mol. The van der Waals surface area contributed by atoms with E-state index >= 15 is 0 Å². The molecule has 7 nitrogen and oxygen atoms in total. The largest absolute Gasteiger partial charge is 0.484 e. The average molecular weight is 316 g/mol. The molecular formula is C16H16N2O5. The van der Waals surface area contributed by atoms with Crippen LogP contribution < -0.4 is 15.7 Å². The Morgan fingerprint density at radius 3 is 2.96 bits per heavy atom. The Morgan fingerprint density at radius 2 is 2.09 bits per heavy atom. The van der Waals surface area contributed by atoms with E-state index in [0.29, 0.717) is 24.4 Å². The lowest BCUT2D eigenvalue weighted by molar-refractivity contribution is -0.136. The lowest BCUT2D eigenvalue weighted by Crippen LogP contribution is -2.39. The third-order valence-corrected chi connectivity index (χ3v) is 3.57. The summed E-state index contributed by atoms with van der Waals surface area (Å²) in [5.74, 6) is 0.0134. The first-order chi connectivity index (χ1) is 11.1. The SMILES string of the molecule is O=C1CN(C(=O)COc2ccc3ccc(=O)oc3c2)CCCN1. The molecule has 1 aliphatic heterocycles. The van der Waals surface area contributed by atoms with E-state index in [2.05, 4.69) is 5.32 Å². The van der Waals surface area contributed by atoms with Crippen molar-refractivity contribution in [3.63, 3.8) is 0 Å². The Labute approximate surface area is 131 Å². The molecule has 2 amide bonds. The first kappa shape index (κ1) is 15.1. The molecule has 120 valence electrons. The third kappa shape index (κ3) is 3.68. The predicted octanol–water partition coefficient (Wildman–Crippen LogP) is 0.520. The molecule has 1 N–H and O–H groups in total. The molecule has 0 saturated carbocycles. The van der Waals surface area contributed by atoms with Gasteiger partial charge in [-0.1, -0.05) is 0 Å². The van der Waals surface area contributed by atoms with E-state index in [-0.39, 0.29) is 25.0 Å². The molecule has 1 aromatic carbocycles. The van der Waals surface area contributed by atoms with Gasteiger partial charge >= 0.3 is 5.63 Å². The zero-order chi connectivity index (χ0) is 16.2. The van der Waals surface area contributed by atoms with Crippen molar-refractivity contribution in [3.05, 3.63) is 40.8 Å². The summed E-state index contributed by atoms with van der Waals surface area (Å²) in [5, 5.41) is 3.48. The van der Waals surface area contributed by atoms with Crippen LogP contribution >= 0.6 is 0 Å². The maximum absolute atomic E-state index is 12.1. The van der Waals surface area contributed by atoms with Gasteiger partial charge in [-0.25, -0.2) is 4.79 Å². The molecule has 3 rings (SSSR count).